The Bertz CT molecular complexity index is 1380. The molecule has 1 aromatic heterocycles. The molecule has 31 heavy (non-hydrogen) atoms. The minimum atomic E-state index is -4.24. The van der Waals surface area contributed by atoms with Crippen LogP contribution in [-0.4, -0.2) is 28.4 Å². The summed E-state index contributed by atoms with van der Waals surface area (Å²) in [4.78, 5) is -0.746. The van der Waals surface area contributed by atoms with Crippen LogP contribution < -0.4 is 0 Å². The van der Waals surface area contributed by atoms with Crippen LogP contribution in [0.3, 0.4) is 0 Å². The van der Waals surface area contributed by atoms with Crippen molar-refractivity contribution in [2.45, 2.75) is 23.1 Å². The van der Waals surface area contributed by atoms with Crippen molar-refractivity contribution in [3.8, 4) is 28.4 Å². The Labute approximate surface area is 178 Å². The first-order valence-corrected chi connectivity index (χ1v) is 11.0. The zero-order valence-corrected chi connectivity index (χ0v) is 17.3. The van der Waals surface area contributed by atoms with Crippen molar-refractivity contribution in [2.75, 3.05) is 0 Å². The van der Waals surface area contributed by atoms with Gasteiger partial charge in [-0.25, -0.2) is 17.5 Å². The number of phenolic OH excluding ortho intramolecular Hbond substituents is 2. The van der Waals surface area contributed by atoms with E-state index >= 15 is 0 Å². The standard InChI is InChI=1S/C23H19FN2O4S/c1-2-15-5-3-7-17(11-15)26-20(9-10-25-26)19-13-23(22(28)14-21(19)27)31(29,30)18-8-4-6-16(24)12-18/h3-14,27-28H,2H2,1H3. The van der Waals surface area contributed by atoms with Crippen molar-refractivity contribution in [1.29, 1.82) is 0 Å². The minimum Gasteiger partial charge on any atom is -0.507 e. The van der Waals surface area contributed by atoms with Gasteiger partial charge in [0.15, 0.2) is 0 Å². The lowest BCUT2D eigenvalue weighted by atomic mass is 10.1. The molecule has 4 rings (SSSR count). The molecular formula is C23H19FN2O4S. The molecular weight excluding hydrogens is 419 g/mol. The van der Waals surface area contributed by atoms with E-state index in [1.807, 2.05) is 31.2 Å². The molecule has 0 saturated heterocycles. The molecule has 0 bridgehead atoms. The summed E-state index contributed by atoms with van der Waals surface area (Å²) in [5, 5.41) is 25.1. The normalized spacial score (nSPS) is 11.5. The smallest absolute Gasteiger partial charge is 0.210 e. The van der Waals surface area contributed by atoms with E-state index in [9.17, 15) is 23.0 Å². The molecule has 8 heteroatoms. The second-order valence-electron chi connectivity index (χ2n) is 6.95. The first-order chi connectivity index (χ1) is 14.8. The van der Waals surface area contributed by atoms with Crippen molar-refractivity contribution in [3.63, 3.8) is 0 Å². The number of phenols is 2. The number of hydrogen-bond acceptors (Lipinski definition) is 5. The molecule has 0 amide bonds. The van der Waals surface area contributed by atoms with E-state index in [2.05, 4.69) is 5.10 Å². The van der Waals surface area contributed by atoms with Gasteiger partial charge >= 0.3 is 0 Å². The average Bonchev–Trinajstić information content (AvgIpc) is 3.23. The van der Waals surface area contributed by atoms with Gasteiger partial charge in [-0.05, 0) is 54.4 Å². The number of benzene rings is 3. The van der Waals surface area contributed by atoms with E-state index in [4.69, 9.17) is 0 Å². The monoisotopic (exact) mass is 438 g/mol. The molecule has 0 fully saturated rings. The highest BCUT2D eigenvalue weighted by molar-refractivity contribution is 7.91. The quantitative estimate of drug-likeness (QED) is 0.479. The molecule has 0 aliphatic heterocycles. The van der Waals surface area contributed by atoms with E-state index in [-0.39, 0.29) is 16.2 Å². The molecule has 6 nitrogen and oxygen atoms in total. The lowest BCUT2D eigenvalue weighted by Gasteiger charge is -2.13. The molecule has 0 atom stereocenters. The Morgan fingerprint density at radius 3 is 2.48 bits per heavy atom. The Morgan fingerprint density at radius 1 is 0.968 bits per heavy atom. The first-order valence-electron chi connectivity index (χ1n) is 9.51. The fourth-order valence-corrected chi connectivity index (χ4v) is 4.75. The number of hydrogen-bond donors (Lipinski definition) is 2. The van der Waals surface area contributed by atoms with E-state index in [0.29, 0.717) is 5.69 Å². The number of halogens is 1. The van der Waals surface area contributed by atoms with Crippen LogP contribution in [0.4, 0.5) is 4.39 Å². The summed E-state index contributed by atoms with van der Waals surface area (Å²) in [6.45, 7) is 2.03. The van der Waals surface area contributed by atoms with Gasteiger partial charge in [-0.1, -0.05) is 25.1 Å². The highest BCUT2D eigenvalue weighted by atomic mass is 32.2. The third-order valence-corrected chi connectivity index (χ3v) is 6.74. The molecule has 0 aliphatic rings. The van der Waals surface area contributed by atoms with Gasteiger partial charge < -0.3 is 10.2 Å². The van der Waals surface area contributed by atoms with Gasteiger partial charge in [-0.15, -0.1) is 0 Å². The third-order valence-electron chi connectivity index (χ3n) is 4.96. The van der Waals surface area contributed by atoms with Crippen LogP contribution in [0.15, 0.2) is 82.7 Å². The molecule has 1 heterocycles. The molecule has 4 aromatic rings. The van der Waals surface area contributed by atoms with Gasteiger partial charge in [0.1, 0.15) is 22.2 Å². The van der Waals surface area contributed by atoms with Crippen molar-refractivity contribution in [1.82, 2.24) is 9.78 Å². The maximum absolute atomic E-state index is 13.6. The number of aromatic hydroxyl groups is 2. The summed E-state index contributed by atoms with van der Waals surface area (Å²) >= 11 is 0. The number of nitrogens with zero attached hydrogens (tertiary/aromatic N) is 2. The van der Waals surface area contributed by atoms with Crippen LogP contribution in [-0.2, 0) is 16.3 Å². The zero-order valence-electron chi connectivity index (χ0n) is 16.5. The summed E-state index contributed by atoms with van der Waals surface area (Å²) in [5.41, 5.74) is 2.42. The maximum Gasteiger partial charge on any atom is 0.210 e. The maximum atomic E-state index is 13.6. The Morgan fingerprint density at radius 2 is 1.74 bits per heavy atom. The summed E-state index contributed by atoms with van der Waals surface area (Å²) in [5.74, 6) is -1.66. The topological polar surface area (TPSA) is 92.4 Å². The van der Waals surface area contributed by atoms with Gasteiger partial charge in [0, 0.05) is 11.6 Å². The third kappa shape index (κ3) is 3.77. The molecule has 0 saturated carbocycles. The van der Waals surface area contributed by atoms with Gasteiger partial charge in [0.2, 0.25) is 9.84 Å². The van der Waals surface area contributed by atoms with Crippen molar-refractivity contribution in [2.24, 2.45) is 0 Å². The molecule has 158 valence electrons. The van der Waals surface area contributed by atoms with E-state index in [1.54, 1.807) is 10.7 Å². The summed E-state index contributed by atoms with van der Waals surface area (Å²) in [7, 11) is -4.24. The highest BCUT2D eigenvalue weighted by Crippen LogP contribution is 2.39. The van der Waals surface area contributed by atoms with E-state index in [0.717, 1.165) is 35.9 Å². The highest BCUT2D eigenvalue weighted by Gasteiger charge is 2.25. The van der Waals surface area contributed by atoms with Crippen LogP contribution in [0.2, 0.25) is 0 Å². The summed E-state index contributed by atoms with van der Waals surface area (Å²) in [6, 6.07) is 15.9. The Balaban J connectivity index is 1.89. The number of rotatable bonds is 5. The minimum absolute atomic E-state index is 0.159. The molecule has 2 N–H and O–H groups in total. The predicted molar refractivity (Wildman–Crippen MR) is 114 cm³/mol. The number of aromatic nitrogens is 2. The van der Waals surface area contributed by atoms with Gasteiger partial charge in [0.05, 0.1) is 22.5 Å². The van der Waals surface area contributed by atoms with Gasteiger partial charge in [-0.3, -0.25) is 0 Å². The second-order valence-corrected chi connectivity index (χ2v) is 8.87. The lowest BCUT2D eigenvalue weighted by molar-refractivity contribution is 0.440. The fraction of sp³-hybridized carbons (Fsp3) is 0.0870. The molecule has 0 aliphatic carbocycles. The van der Waals surface area contributed by atoms with Gasteiger partial charge in [-0.2, -0.15) is 5.10 Å². The zero-order chi connectivity index (χ0) is 22.2. The van der Waals surface area contributed by atoms with Crippen molar-refractivity contribution in [3.05, 3.63) is 84.3 Å². The van der Waals surface area contributed by atoms with Crippen LogP contribution in [0.1, 0.15) is 12.5 Å². The number of aryl methyl sites for hydroxylation is 1. The van der Waals surface area contributed by atoms with E-state index < -0.39 is 26.3 Å². The SMILES string of the molecule is CCc1cccc(-n2nccc2-c2cc(S(=O)(=O)c3cccc(F)c3)c(O)cc2O)c1. The predicted octanol–water partition coefficient (Wildman–Crippen LogP) is 4.48. The van der Waals surface area contributed by atoms with Crippen LogP contribution in [0.25, 0.3) is 16.9 Å². The molecule has 0 unspecified atom stereocenters. The Hall–Kier alpha value is -3.65. The van der Waals surface area contributed by atoms with E-state index in [1.165, 1.54) is 24.4 Å². The summed E-state index contributed by atoms with van der Waals surface area (Å²) in [6.07, 6.45) is 2.35. The van der Waals surface area contributed by atoms with Crippen LogP contribution in [0, 0.1) is 5.82 Å². The fourth-order valence-electron chi connectivity index (χ4n) is 3.36. The number of sulfone groups is 1. The largest absolute Gasteiger partial charge is 0.507 e. The van der Waals surface area contributed by atoms with Crippen LogP contribution >= 0.6 is 0 Å². The van der Waals surface area contributed by atoms with Crippen molar-refractivity contribution < 1.29 is 23.0 Å². The molecule has 3 aromatic carbocycles. The second kappa shape index (κ2) is 7.88. The lowest BCUT2D eigenvalue weighted by Crippen LogP contribution is -2.04. The van der Waals surface area contributed by atoms with Crippen molar-refractivity contribution >= 4 is 9.84 Å². The average molecular weight is 438 g/mol. The first kappa shape index (κ1) is 20.6. The van der Waals surface area contributed by atoms with Crippen LogP contribution in [0.5, 0.6) is 11.5 Å². The molecule has 0 spiro atoms. The summed E-state index contributed by atoms with van der Waals surface area (Å²) < 4.78 is 41.3. The Kier molecular flexibility index (Phi) is 5.24. The van der Waals surface area contributed by atoms with Gasteiger partial charge in [0.25, 0.3) is 0 Å². The molecule has 0 radical (unpaired) electrons.